The fraction of sp³-hybridized carbons (Fsp3) is 0.350. The van der Waals surface area contributed by atoms with Crippen molar-refractivity contribution in [3.8, 4) is 0 Å². The van der Waals surface area contributed by atoms with Crippen molar-refractivity contribution in [2.24, 2.45) is 5.73 Å². The molecular weight excluding hydrogens is 366 g/mol. The van der Waals surface area contributed by atoms with Crippen LogP contribution in [0.3, 0.4) is 0 Å². The van der Waals surface area contributed by atoms with Crippen molar-refractivity contribution >= 4 is 17.9 Å². The third-order valence-electron chi connectivity index (χ3n) is 4.00. The van der Waals surface area contributed by atoms with E-state index in [1.165, 1.54) is 11.8 Å². The van der Waals surface area contributed by atoms with Gasteiger partial charge in [0.2, 0.25) is 0 Å². The first-order chi connectivity index (χ1) is 13.0. The molecule has 0 aliphatic rings. The van der Waals surface area contributed by atoms with Crippen molar-refractivity contribution in [2.45, 2.75) is 36.0 Å². The SMILES string of the molecule is NC(=O)O[C@@H](Cc1ccccc1)[C@@H](O)CSc1ccc(C[C@H](O)CO)cc1. The first-order valence-corrected chi connectivity index (χ1v) is 9.65. The molecule has 0 bridgehead atoms. The minimum atomic E-state index is -0.910. The highest BCUT2D eigenvalue weighted by Gasteiger charge is 2.23. The first kappa shape index (κ1) is 21.2. The molecule has 2 aromatic rings. The largest absolute Gasteiger partial charge is 0.443 e. The molecule has 146 valence electrons. The minimum Gasteiger partial charge on any atom is -0.443 e. The number of benzene rings is 2. The van der Waals surface area contributed by atoms with Gasteiger partial charge in [-0.15, -0.1) is 11.8 Å². The second-order valence-electron chi connectivity index (χ2n) is 6.23. The topological polar surface area (TPSA) is 113 Å². The van der Waals surface area contributed by atoms with Gasteiger partial charge in [0.15, 0.2) is 0 Å². The zero-order chi connectivity index (χ0) is 19.6. The predicted molar refractivity (Wildman–Crippen MR) is 105 cm³/mol. The molecular formula is C20H25NO5S. The van der Waals surface area contributed by atoms with Crippen LogP contribution in [0.5, 0.6) is 0 Å². The number of aliphatic hydroxyl groups excluding tert-OH is 3. The maximum Gasteiger partial charge on any atom is 0.404 e. The van der Waals surface area contributed by atoms with E-state index in [4.69, 9.17) is 15.6 Å². The molecule has 0 unspecified atom stereocenters. The summed E-state index contributed by atoms with van der Waals surface area (Å²) in [4.78, 5) is 12.1. The second kappa shape index (κ2) is 10.9. The number of amides is 1. The molecule has 3 atom stereocenters. The van der Waals surface area contributed by atoms with Gasteiger partial charge >= 0.3 is 6.09 Å². The smallest absolute Gasteiger partial charge is 0.404 e. The highest BCUT2D eigenvalue weighted by molar-refractivity contribution is 7.99. The molecule has 0 saturated carbocycles. The summed E-state index contributed by atoms with van der Waals surface area (Å²) in [5.41, 5.74) is 7.00. The molecule has 0 aromatic heterocycles. The number of ether oxygens (including phenoxy) is 1. The molecule has 0 heterocycles. The molecule has 5 N–H and O–H groups in total. The van der Waals surface area contributed by atoms with E-state index in [1.807, 2.05) is 54.6 Å². The van der Waals surface area contributed by atoms with E-state index in [1.54, 1.807) is 0 Å². The molecule has 27 heavy (non-hydrogen) atoms. The van der Waals surface area contributed by atoms with E-state index in [0.717, 1.165) is 16.0 Å². The van der Waals surface area contributed by atoms with E-state index in [9.17, 15) is 15.0 Å². The van der Waals surface area contributed by atoms with E-state index < -0.39 is 24.4 Å². The van der Waals surface area contributed by atoms with Gasteiger partial charge in [-0.3, -0.25) is 0 Å². The van der Waals surface area contributed by atoms with Crippen LogP contribution in [0, 0.1) is 0 Å². The lowest BCUT2D eigenvalue weighted by molar-refractivity contribution is 0.0188. The van der Waals surface area contributed by atoms with Crippen molar-refractivity contribution in [2.75, 3.05) is 12.4 Å². The van der Waals surface area contributed by atoms with E-state index in [-0.39, 0.29) is 6.61 Å². The number of thioether (sulfide) groups is 1. The average molecular weight is 391 g/mol. The Morgan fingerprint density at radius 2 is 1.63 bits per heavy atom. The summed E-state index contributed by atoms with van der Waals surface area (Å²) in [6.07, 6.45) is -2.52. The van der Waals surface area contributed by atoms with Gasteiger partial charge in [-0.05, 0) is 23.3 Å². The van der Waals surface area contributed by atoms with Crippen LogP contribution < -0.4 is 5.73 Å². The highest BCUT2D eigenvalue weighted by Crippen LogP contribution is 2.22. The van der Waals surface area contributed by atoms with Crippen molar-refractivity contribution in [1.29, 1.82) is 0 Å². The Morgan fingerprint density at radius 3 is 2.22 bits per heavy atom. The minimum absolute atomic E-state index is 0.272. The fourth-order valence-electron chi connectivity index (χ4n) is 2.60. The van der Waals surface area contributed by atoms with Crippen molar-refractivity contribution in [3.63, 3.8) is 0 Å². The third kappa shape index (κ3) is 7.60. The average Bonchev–Trinajstić information content (AvgIpc) is 2.67. The zero-order valence-corrected chi connectivity index (χ0v) is 15.7. The molecule has 1 amide bonds. The number of aliphatic hydroxyl groups is 3. The van der Waals surface area contributed by atoms with Crippen LogP contribution in [-0.4, -0.2) is 52.1 Å². The second-order valence-corrected chi connectivity index (χ2v) is 7.32. The van der Waals surface area contributed by atoms with Crippen molar-refractivity contribution < 1.29 is 24.9 Å². The maximum absolute atomic E-state index is 11.2. The van der Waals surface area contributed by atoms with Gasteiger partial charge in [-0.25, -0.2) is 4.79 Å². The lowest BCUT2D eigenvalue weighted by atomic mass is 10.0. The molecule has 0 radical (unpaired) electrons. The molecule has 0 fully saturated rings. The number of carbonyl (C=O) groups excluding carboxylic acids is 1. The number of rotatable bonds is 10. The first-order valence-electron chi connectivity index (χ1n) is 8.66. The summed E-state index contributed by atoms with van der Waals surface area (Å²) in [6, 6.07) is 17.0. The molecule has 0 aliphatic heterocycles. The van der Waals surface area contributed by atoms with Gasteiger partial charge < -0.3 is 25.8 Å². The Bertz CT molecular complexity index is 695. The van der Waals surface area contributed by atoms with Crippen LogP contribution in [0.4, 0.5) is 4.79 Å². The Balaban J connectivity index is 1.92. The van der Waals surface area contributed by atoms with Crippen LogP contribution in [0.15, 0.2) is 59.5 Å². The summed E-state index contributed by atoms with van der Waals surface area (Å²) >= 11 is 1.43. The maximum atomic E-state index is 11.2. The number of primary amides is 1. The molecule has 7 heteroatoms. The van der Waals surface area contributed by atoms with Gasteiger partial charge in [-0.2, -0.15) is 0 Å². The highest BCUT2D eigenvalue weighted by atomic mass is 32.2. The third-order valence-corrected chi connectivity index (χ3v) is 5.12. The number of hydrogen-bond acceptors (Lipinski definition) is 6. The standard InChI is InChI=1S/C20H25NO5S/c21-20(25)26-19(11-14-4-2-1-3-5-14)18(24)13-27-17-8-6-15(7-9-17)10-16(23)12-22/h1-9,16,18-19,22-24H,10-13H2,(H2,21,25)/t16-,18-,19-/m0/s1. The summed E-state index contributed by atoms with van der Waals surface area (Å²) in [5, 5.41) is 28.8. The Kier molecular flexibility index (Phi) is 8.60. The zero-order valence-electron chi connectivity index (χ0n) is 14.9. The van der Waals surface area contributed by atoms with Crippen LogP contribution >= 0.6 is 11.8 Å². The molecule has 6 nitrogen and oxygen atoms in total. The van der Waals surface area contributed by atoms with Gasteiger partial charge in [0, 0.05) is 23.5 Å². The summed E-state index contributed by atoms with van der Waals surface area (Å²) in [6.45, 7) is -0.272. The van der Waals surface area contributed by atoms with Gasteiger partial charge in [-0.1, -0.05) is 42.5 Å². The van der Waals surface area contributed by atoms with E-state index in [2.05, 4.69) is 0 Å². The normalized spacial score (nSPS) is 14.3. The summed E-state index contributed by atoms with van der Waals surface area (Å²) < 4.78 is 5.10. The lowest BCUT2D eigenvalue weighted by Crippen LogP contribution is -2.36. The van der Waals surface area contributed by atoms with E-state index in [0.29, 0.717) is 18.6 Å². The molecule has 2 aromatic carbocycles. The van der Waals surface area contributed by atoms with Gasteiger partial charge in [0.05, 0.1) is 12.7 Å². The van der Waals surface area contributed by atoms with Crippen molar-refractivity contribution in [3.05, 3.63) is 65.7 Å². The van der Waals surface area contributed by atoms with Gasteiger partial charge in [0.1, 0.15) is 12.2 Å². The van der Waals surface area contributed by atoms with Crippen LogP contribution in [0.2, 0.25) is 0 Å². The Labute approximate surface area is 163 Å². The van der Waals surface area contributed by atoms with E-state index >= 15 is 0 Å². The Hall–Kier alpha value is -2.06. The molecule has 2 rings (SSSR count). The van der Waals surface area contributed by atoms with Crippen LogP contribution in [0.25, 0.3) is 0 Å². The summed E-state index contributed by atoms with van der Waals surface area (Å²) in [5.74, 6) is 0.337. The van der Waals surface area contributed by atoms with Crippen LogP contribution in [-0.2, 0) is 17.6 Å². The quantitative estimate of drug-likeness (QED) is 0.459. The Morgan fingerprint density at radius 1 is 1.00 bits per heavy atom. The predicted octanol–water partition coefficient (Wildman–Crippen LogP) is 1.74. The number of hydrogen-bond donors (Lipinski definition) is 4. The lowest BCUT2D eigenvalue weighted by Gasteiger charge is -2.22. The fourth-order valence-corrected chi connectivity index (χ4v) is 3.51. The summed E-state index contributed by atoms with van der Waals surface area (Å²) in [7, 11) is 0. The number of carbonyl (C=O) groups is 1. The number of nitrogens with two attached hydrogens (primary N) is 1. The monoisotopic (exact) mass is 391 g/mol. The van der Waals surface area contributed by atoms with Gasteiger partial charge in [0.25, 0.3) is 0 Å². The molecule has 0 spiro atoms. The van der Waals surface area contributed by atoms with Crippen molar-refractivity contribution in [1.82, 2.24) is 0 Å². The molecule has 0 saturated heterocycles. The van der Waals surface area contributed by atoms with Crippen LogP contribution in [0.1, 0.15) is 11.1 Å². The molecule has 0 aliphatic carbocycles.